The first-order valence-corrected chi connectivity index (χ1v) is 4.87. The van der Waals surface area contributed by atoms with Crippen LogP contribution >= 0.6 is 0 Å². The summed E-state index contributed by atoms with van der Waals surface area (Å²) < 4.78 is 26.7. The number of nitrogens with one attached hydrogen (secondary N) is 1. The van der Waals surface area contributed by atoms with Crippen LogP contribution in [0.1, 0.15) is 5.69 Å². The van der Waals surface area contributed by atoms with E-state index >= 15 is 0 Å². The van der Waals surface area contributed by atoms with Gasteiger partial charge in [-0.25, -0.2) is 8.78 Å². The molecule has 0 spiro atoms. The first-order chi connectivity index (χ1) is 7.94. The van der Waals surface area contributed by atoms with Crippen LogP contribution in [0, 0.1) is 0 Å². The molecule has 1 amide bonds. The van der Waals surface area contributed by atoms with Crippen molar-refractivity contribution in [2.24, 2.45) is 7.05 Å². The number of aryl methyl sites for hydroxylation is 1. The maximum absolute atomic E-state index is 12.6. The van der Waals surface area contributed by atoms with Gasteiger partial charge >= 0.3 is 0 Å². The van der Waals surface area contributed by atoms with Crippen LogP contribution in [0.25, 0.3) is 6.08 Å². The molecule has 0 saturated heterocycles. The summed E-state index contributed by atoms with van der Waals surface area (Å²) in [7, 11) is 1.69. The van der Waals surface area contributed by atoms with Gasteiger partial charge in [-0.3, -0.25) is 9.48 Å². The Labute approximate surface area is 96.7 Å². The van der Waals surface area contributed by atoms with Gasteiger partial charge in [-0.15, -0.1) is 0 Å². The Morgan fingerprint density at radius 2 is 2.41 bits per heavy atom. The zero-order valence-corrected chi connectivity index (χ0v) is 9.23. The average molecular weight is 245 g/mol. The standard InChI is InChI=1S/C10H13F2N3O2/c1-15-8(4-5-14-15)2-3-9(17)13-6-10(11,12)7-16/h2-5,16H,6-7H2,1H3,(H,13,17)/b3-2+. The minimum absolute atomic E-state index is 0.653. The lowest BCUT2D eigenvalue weighted by Crippen LogP contribution is -2.38. The minimum atomic E-state index is -3.30. The summed E-state index contributed by atoms with van der Waals surface area (Å²) in [5.74, 6) is -3.95. The van der Waals surface area contributed by atoms with E-state index in [1.54, 1.807) is 19.3 Å². The van der Waals surface area contributed by atoms with Crippen LogP contribution < -0.4 is 5.32 Å². The number of nitrogens with zero attached hydrogens (tertiary/aromatic N) is 2. The summed E-state index contributed by atoms with van der Waals surface area (Å²) in [6.45, 7) is -2.18. The molecule has 7 heteroatoms. The molecule has 94 valence electrons. The number of amides is 1. The molecule has 0 atom stereocenters. The SMILES string of the molecule is Cn1nccc1/C=C/C(=O)NCC(F)(F)CO. The van der Waals surface area contributed by atoms with Crippen LogP contribution in [0.2, 0.25) is 0 Å². The number of carbonyl (C=O) groups excluding carboxylic acids is 1. The molecule has 17 heavy (non-hydrogen) atoms. The molecule has 0 aliphatic carbocycles. The molecule has 1 rings (SSSR count). The van der Waals surface area contributed by atoms with Gasteiger partial charge in [-0.1, -0.05) is 0 Å². The van der Waals surface area contributed by atoms with Crippen molar-refractivity contribution in [3.05, 3.63) is 24.0 Å². The van der Waals surface area contributed by atoms with Crippen molar-refractivity contribution < 1.29 is 18.7 Å². The topological polar surface area (TPSA) is 67.2 Å². The van der Waals surface area contributed by atoms with Crippen LogP contribution in [-0.2, 0) is 11.8 Å². The van der Waals surface area contributed by atoms with Crippen molar-refractivity contribution in [1.82, 2.24) is 15.1 Å². The highest BCUT2D eigenvalue weighted by Crippen LogP contribution is 2.09. The highest BCUT2D eigenvalue weighted by atomic mass is 19.3. The fraction of sp³-hybridized carbons (Fsp3) is 0.400. The second-order valence-electron chi connectivity index (χ2n) is 3.44. The molecule has 0 saturated carbocycles. The highest BCUT2D eigenvalue weighted by Gasteiger charge is 2.27. The molecule has 1 aromatic heterocycles. The van der Waals surface area contributed by atoms with Gasteiger partial charge in [0.1, 0.15) is 6.61 Å². The minimum Gasteiger partial charge on any atom is -0.390 e. The lowest BCUT2D eigenvalue weighted by Gasteiger charge is -2.12. The quantitative estimate of drug-likeness (QED) is 0.727. The Morgan fingerprint density at radius 3 is 2.94 bits per heavy atom. The zero-order chi connectivity index (χ0) is 12.9. The molecule has 0 aromatic carbocycles. The van der Waals surface area contributed by atoms with Crippen molar-refractivity contribution >= 4 is 12.0 Å². The number of alkyl halides is 2. The third-order valence-corrected chi connectivity index (χ3v) is 2.02. The van der Waals surface area contributed by atoms with E-state index in [-0.39, 0.29) is 0 Å². The number of rotatable bonds is 5. The van der Waals surface area contributed by atoms with Gasteiger partial charge in [-0.2, -0.15) is 5.10 Å². The summed E-state index contributed by atoms with van der Waals surface area (Å²) in [6.07, 6.45) is 4.14. The molecule has 0 fully saturated rings. The second-order valence-corrected chi connectivity index (χ2v) is 3.44. The van der Waals surface area contributed by atoms with Crippen LogP contribution in [0.5, 0.6) is 0 Å². The Hall–Kier alpha value is -1.76. The van der Waals surface area contributed by atoms with E-state index in [4.69, 9.17) is 5.11 Å². The summed E-state index contributed by atoms with van der Waals surface area (Å²) in [5.41, 5.74) is 0.675. The third-order valence-electron chi connectivity index (χ3n) is 2.02. The van der Waals surface area contributed by atoms with E-state index in [1.165, 1.54) is 10.8 Å². The number of aliphatic hydroxyl groups excluding tert-OH is 1. The van der Waals surface area contributed by atoms with Crippen LogP contribution in [0.15, 0.2) is 18.3 Å². The molecule has 2 N–H and O–H groups in total. The van der Waals surface area contributed by atoms with E-state index in [0.717, 1.165) is 6.08 Å². The largest absolute Gasteiger partial charge is 0.390 e. The number of halogens is 2. The third kappa shape index (κ3) is 4.31. The number of hydrogen-bond donors (Lipinski definition) is 2. The summed E-state index contributed by atoms with van der Waals surface area (Å²) in [6, 6.07) is 1.67. The predicted molar refractivity (Wildman–Crippen MR) is 57.3 cm³/mol. The first-order valence-electron chi connectivity index (χ1n) is 4.87. The summed E-state index contributed by atoms with van der Waals surface area (Å²) in [4.78, 5) is 11.2. The smallest absolute Gasteiger partial charge is 0.287 e. The Bertz CT molecular complexity index is 415. The molecule has 1 heterocycles. The van der Waals surface area contributed by atoms with E-state index in [2.05, 4.69) is 5.10 Å². The number of aromatic nitrogens is 2. The van der Waals surface area contributed by atoms with E-state index in [9.17, 15) is 13.6 Å². The number of carbonyl (C=O) groups is 1. The van der Waals surface area contributed by atoms with Crippen molar-refractivity contribution in [1.29, 1.82) is 0 Å². The first kappa shape index (κ1) is 13.3. The predicted octanol–water partition coefficient (Wildman–Crippen LogP) is 0.177. The van der Waals surface area contributed by atoms with Gasteiger partial charge in [0.2, 0.25) is 5.91 Å². The van der Waals surface area contributed by atoms with Crippen LogP contribution in [-0.4, -0.2) is 39.9 Å². The van der Waals surface area contributed by atoms with Crippen molar-refractivity contribution in [2.75, 3.05) is 13.2 Å². The molecule has 0 unspecified atom stereocenters. The van der Waals surface area contributed by atoms with E-state index < -0.39 is 25.0 Å². The van der Waals surface area contributed by atoms with Crippen LogP contribution in [0.3, 0.4) is 0 Å². The molecular weight excluding hydrogens is 232 g/mol. The number of aliphatic hydroxyl groups is 1. The lowest BCUT2D eigenvalue weighted by atomic mass is 10.3. The summed E-state index contributed by atoms with van der Waals surface area (Å²) >= 11 is 0. The lowest BCUT2D eigenvalue weighted by molar-refractivity contribution is -0.119. The normalized spacial score (nSPS) is 12.0. The molecule has 5 nitrogen and oxygen atoms in total. The molecule has 0 radical (unpaired) electrons. The second kappa shape index (κ2) is 5.53. The Balaban J connectivity index is 2.46. The van der Waals surface area contributed by atoms with Gasteiger partial charge < -0.3 is 10.4 Å². The molecule has 0 bridgehead atoms. The number of hydrogen-bond acceptors (Lipinski definition) is 3. The molecule has 1 aromatic rings. The Kier molecular flexibility index (Phi) is 4.33. The molecule has 0 aliphatic rings. The van der Waals surface area contributed by atoms with Gasteiger partial charge in [0.05, 0.1) is 12.2 Å². The molecule has 0 aliphatic heterocycles. The maximum atomic E-state index is 12.6. The monoisotopic (exact) mass is 245 g/mol. The maximum Gasteiger partial charge on any atom is 0.287 e. The van der Waals surface area contributed by atoms with E-state index in [1.807, 2.05) is 5.32 Å². The Morgan fingerprint density at radius 1 is 1.71 bits per heavy atom. The van der Waals surface area contributed by atoms with Crippen LogP contribution in [0.4, 0.5) is 8.78 Å². The zero-order valence-electron chi connectivity index (χ0n) is 9.23. The van der Waals surface area contributed by atoms with Gasteiger partial charge in [0.15, 0.2) is 0 Å². The average Bonchev–Trinajstić information content (AvgIpc) is 2.70. The van der Waals surface area contributed by atoms with Crippen molar-refractivity contribution in [2.45, 2.75) is 5.92 Å². The van der Waals surface area contributed by atoms with Gasteiger partial charge in [0.25, 0.3) is 5.92 Å². The molecular formula is C10H13F2N3O2. The van der Waals surface area contributed by atoms with E-state index in [0.29, 0.717) is 5.69 Å². The fourth-order valence-corrected chi connectivity index (χ4v) is 1.04. The highest BCUT2D eigenvalue weighted by molar-refractivity contribution is 5.91. The van der Waals surface area contributed by atoms with Crippen molar-refractivity contribution in [3.8, 4) is 0 Å². The fourth-order valence-electron chi connectivity index (χ4n) is 1.04. The van der Waals surface area contributed by atoms with Gasteiger partial charge in [0, 0.05) is 19.3 Å². The van der Waals surface area contributed by atoms with Crippen molar-refractivity contribution in [3.63, 3.8) is 0 Å². The van der Waals surface area contributed by atoms with Gasteiger partial charge in [-0.05, 0) is 12.1 Å². The summed E-state index contributed by atoms with van der Waals surface area (Å²) in [5, 5.41) is 14.2.